The Morgan fingerprint density at radius 3 is 2.62 bits per heavy atom. The van der Waals surface area contributed by atoms with E-state index in [9.17, 15) is 14.9 Å². The lowest BCUT2D eigenvalue weighted by atomic mass is 9.79. The molecular formula is C15H20N2O4. The highest BCUT2D eigenvalue weighted by Gasteiger charge is 2.36. The van der Waals surface area contributed by atoms with Crippen molar-refractivity contribution in [2.45, 2.75) is 51.0 Å². The van der Waals surface area contributed by atoms with Gasteiger partial charge in [0.1, 0.15) is 5.69 Å². The summed E-state index contributed by atoms with van der Waals surface area (Å²) >= 11 is 0. The smallest absolute Gasteiger partial charge is 0.305 e. The summed E-state index contributed by atoms with van der Waals surface area (Å²) in [6.07, 6.45) is 4.41. The van der Waals surface area contributed by atoms with E-state index in [0.29, 0.717) is 11.3 Å². The molecule has 1 aliphatic rings. The molecule has 0 aromatic heterocycles. The van der Waals surface area contributed by atoms with E-state index in [0.717, 1.165) is 32.1 Å². The monoisotopic (exact) mass is 292 g/mol. The molecule has 6 nitrogen and oxygen atoms in total. The van der Waals surface area contributed by atoms with Crippen molar-refractivity contribution in [2.75, 3.05) is 5.32 Å². The molecule has 0 heterocycles. The first-order valence-electron chi connectivity index (χ1n) is 7.17. The molecule has 1 fully saturated rings. The zero-order valence-electron chi connectivity index (χ0n) is 12.1. The fraction of sp³-hybridized carbons (Fsp3) is 0.533. The van der Waals surface area contributed by atoms with E-state index >= 15 is 0 Å². The third-order valence-corrected chi connectivity index (χ3v) is 4.12. The van der Waals surface area contributed by atoms with Crippen molar-refractivity contribution in [2.24, 2.45) is 0 Å². The van der Waals surface area contributed by atoms with Gasteiger partial charge in [-0.15, -0.1) is 0 Å². The summed E-state index contributed by atoms with van der Waals surface area (Å²) in [5.74, 6) is -0.875. The van der Waals surface area contributed by atoms with Gasteiger partial charge >= 0.3 is 5.97 Å². The van der Waals surface area contributed by atoms with E-state index in [1.54, 1.807) is 25.1 Å². The molecule has 0 amide bonds. The Bertz CT molecular complexity index is 551. The van der Waals surface area contributed by atoms with Crippen LogP contribution in [0.2, 0.25) is 0 Å². The molecule has 0 atom stereocenters. The highest BCUT2D eigenvalue weighted by molar-refractivity contribution is 5.71. The summed E-state index contributed by atoms with van der Waals surface area (Å²) < 4.78 is 0. The Hall–Kier alpha value is -2.11. The van der Waals surface area contributed by atoms with Gasteiger partial charge in [-0.2, -0.15) is 0 Å². The molecule has 1 aliphatic carbocycles. The van der Waals surface area contributed by atoms with Crippen LogP contribution in [0.4, 0.5) is 11.4 Å². The Labute approximate surface area is 123 Å². The minimum absolute atomic E-state index is 0.0158. The number of rotatable bonds is 5. The number of carboxylic acids is 1. The van der Waals surface area contributed by atoms with Gasteiger partial charge in [-0.05, 0) is 25.8 Å². The Morgan fingerprint density at radius 1 is 1.38 bits per heavy atom. The number of hydrogen-bond acceptors (Lipinski definition) is 4. The molecule has 0 spiro atoms. The van der Waals surface area contributed by atoms with E-state index in [1.807, 2.05) is 0 Å². The summed E-state index contributed by atoms with van der Waals surface area (Å²) in [5.41, 5.74) is 0.449. The van der Waals surface area contributed by atoms with Crippen LogP contribution < -0.4 is 5.32 Å². The fourth-order valence-corrected chi connectivity index (χ4v) is 3.15. The van der Waals surface area contributed by atoms with Crippen molar-refractivity contribution in [1.29, 1.82) is 0 Å². The van der Waals surface area contributed by atoms with Crippen molar-refractivity contribution in [3.8, 4) is 0 Å². The molecule has 0 aliphatic heterocycles. The quantitative estimate of drug-likeness (QED) is 0.640. The number of para-hydroxylation sites is 1. The summed E-state index contributed by atoms with van der Waals surface area (Å²) in [5, 5.41) is 23.6. The zero-order chi connectivity index (χ0) is 15.5. The molecule has 2 N–H and O–H groups in total. The Balaban J connectivity index is 2.35. The van der Waals surface area contributed by atoms with Crippen molar-refractivity contribution in [1.82, 2.24) is 0 Å². The molecule has 0 radical (unpaired) electrons. The van der Waals surface area contributed by atoms with Crippen LogP contribution in [0.15, 0.2) is 18.2 Å². The van der Waals surface area contributed by atoms with Gasteiger partial charge < -0.3 is 10.4 Å². The standard InChI is InChI=1S/C15H20N2O4/c1-11-6-5-7-12(14(11)17(20)21)16-15(10-13(18)19)8-3-2-4-9-15/h5-7,16H,2-4,8-10H2,1H3,(H,18,19). The van der Waals surface area contributed by atoms with Gasteiger partial charge in [0, 0.05) is 11.1 Å². The molecule has 2 rings (SSSR count). The van der Waals surface area contributed by atoms with E-state index in [-0.39, 0.29) is 12.1 Å². The number of aryl methyl sites for hydroxylation is 1. The average Bonchev–Trinajstić information content (AvgIpc) is 2.38. The van der Waals surface area contributed by atoms with Gasteiger partial charge in [-0.25, -0.2) is 0 Å². The Morgan fingerprint density at radius 2 is 2.05 bits per heavy atom. The number of carbonyl (C=O) groups is 1. The van der Waals surface area contributed by atoms with Gasteiger partial charge in [0.2, 0.25) is 0 Å². The lowest BCUT2D eigenvalue weighted by molar-refractivity contribution is -0.384. The number of nitro benzene ring substituents is 1. The van der Waals surface area contributed by atoms with E-state index in [1.165, 1.54) is 0 Å². The van der Waals surface area contributed by atoms with Crippen LogP contribution in [0.5, 0.6) is 0 Å². The van der Waals surface area contributed by atoms with E-state index in [2.05, 4.69) is 5.32 Å². The van der Waals surface area contributed by atoms with Gasteiger partial charge in [0.25, 0.3) is 5.69 Å². The number of nitrogens with zero attached hydrogens (tertiary/aromatic N) is 1. The van der Waals surface area contributed by atoms with E-state index < -0.39 is 16.4 Å². The fourth-order valence-electron chi connectivity index (χ4n) is 3.15. The highest BCUT2D eigenvalue weighted by atomic mass is 16.6. The van der Waals surface area contributed by atoms with Crippen LogP contribution in [0.1, 0.15) is 44.1 Å². The number of aliphatic carboxylic acids is 1. The molecule has 6 heteroatoms. The predicted octanol–water partition coefficient (Wildman–Crippen LogP) is 3.49. The van der Waals surface area contributed by atoms with E-state index in [4.69, 9.17) is 5.11 Å². The van der Waals surface area contributed by atoms with Crippen LogP contribution in [0.3, 0.4) is 0 Å². The number of anilines is 1. The van der Waals surface area contributed by atoms with Crippen LogP contribution in [0.25, 0.3) is 0 Å². The van der Waals surface area contributed by atoms with Gasteiger partial charge in [0.15, 0.2) is 0 Å². The second kappa shape index (κ2) is 6.11. The van der Waals surface area contributed by atoms with Crippen LogP contribution in [-0.4, -0.2) is 21.5 Å². The maximum Gasteiger partial charge on any atom is 0.305 e. The summed E-state index contributed by atoms with van der Waals surface area (Å²) in [6, 6.07) is 5.10. The number of nitrogens with one attached hydrogen (secondary N) is 1. The molecule has 21 heavy (non-hydrogen) atoms. The van der Waals surface area contributed by atoms with Crippen LogP contribution >= 0.6 is 0 Å². The summed E-state index contributed by atoms with van der Waals surface area (Å²) in [7, 11) is 0. The maximum absolute atomic E-state index is 11.3. The number of nitro groups is 1. The molecule has 0 bridgehead atoms. The third-order valence-electron chi connectivity index (χ3n) is 4.12. The SMILES string of the molecule is Cc1cccc(NC2(CC(=O)O)CCCCC2)c1[N+](=O)[O-]. The predicted molar refractivity (Wildman–Crippen MR) is 79.5 cm³/mol. The normalized spacial score (nSPS) is 17.2. The summed E-state index contributed by atoms with van der Waals surface area (Å²) in [4.78, 5) is 22.0. The second-order valence-corrected chi connectivity index (χ2v) is 5.76. The third kappa shape index (κ3) is 3.51. The lowest BCUT2D eigenvalue weighted by Gasteiger charge is -2.37. The molecule has 114 valence electrons. The first-order chi connectivity index (χ1) is 9.93. The molecule has 0 unspecified atom stereocenters. The van der Waals surface area contributed by atoms with Crippen molar-refractivity contribution < 1.29 is 14.8 Å². The zero-order valence-corrected chi connectivity index (χ0v) is 12.1. The molecular weight excluding hydrogens is 272 g/mol. The molecule has 0 saturated heterocycles. The van der Waals surface area contributed by atoms with Crippen molar-refractivity contribution in [3.63, 3.8) is 0 Å². The average molecular weight is 292 g/mol. The molecule has 1 aromatic carbocycles. The minimum Gasteiger partial charge on any atom is -0.481 e. The first-order valence-corrected chi connectivity index (χ1v) is 7.17. The van der Waals surface area contributed by atoms with Gasteiger partial charge in [0.05, 0.1) is 11.3 Å². The Kier molecular flexibility index (Phi) is 4.45. The van der Waals surface area contributed by atoms with Gasteiger partial charge in [-0.3, -0.25) is 14.9 Å². The largest absolute Gasteiger partial charge is 0.481 e. The molecule has 1 aromatic rings. The highest BCUT2D eigenvalue weighted by Crippen LogP contribution is 2.38. The number of hydrogen-bond donors (Lipinski definition) is 2. The second-order valence-electron chi connectivity index (χ2n) is 5.76. The van der Waals surface area contributed by atoms with Crippen LogP contribution in [-0.2, 0) is 4.79 Å². The summed E-state index contributed by atoms with van der Waals surface area (Å²) in [6.45, 7) is 1.69. The lowest BCUT2D eigenvalue weighted by Crippen LogP contribution is -2.42. The number of carboxylic acid groups (broad SMARTS) is 1. The topological polar surface area (TPSA) is 92.5 Å². The number of benzene rings is 1. The van der Waals surface area contributed by atoms with Crippen LogP contribution in [0, 0.1) is 17.0 Å². The maximum atomic E-state index is 11.3. The first kappa shape index (κ1) is 15.3. The molecule has 1 saturated carbocycles. The van der Waals surface area contributed by atoms with Gasteiger partial charge in [-0.1, -0.05) is 31.4 Å². The minimum atomic E-state index is -0.875. The van der Waals surface area contributed by atoms with Crippen molar-refractivity contribution >= 4 is 17.3 Å². The van der Waals surface area contributed by atoms with Crippen molar-refractivity contribution in [3.05, 3.63) is 33.9 Å².